The summed E-state index contributed by atoms with van der Waals surface area (Å²) in [5, 5.41) is 5.57. The Kier molecular flexibility index (Phi) is 5.93. The minimum Gasteiger partial charge on any atom is -0.491 e. The summed E-state index contributed by atoms with van der Waals surface area (Å²) in [6.45, 7) is 5.08. The lowest BCUT2D eigenvalue weighted by molar-refractivity contribution is 0.226. The van der Waals surface area contributed by atoms with Crippen LogP contribution in [-0.4, -0.2) is 25.2 Å². The first kappa shape index (κ1) is 13.4. The Morgan fingerprint density at radius 3 is 2.71 bits per heavy atom. The monoisotopic (exact) mass is 236 g/mol. The number of hydrogen-bond donors (Lipinski definition) is 2. The highest BCUT2D eigenvalue weighted by Gasteiger charge is 2.06. The Morgan fingerprint density at radius 2 is 2.06 bits per heavy atom. The molecular formula is C13H20N2O2. The van der Waals surface area contributed by atoms with Gasteiger partial charge in [0, 0.05) is 6.54 Å². The number of hydrogen-bond acceptors (Lipinski definition) is 2. The second-order valence-corrected chi connectivity index (χ2v) is 3.93. The molecule has 2 N–H and O–H groups in total. The average molecular weight is 236 g/mol. The largest absolute Gasteiger partial charge is 0.491 e. The zero-order valence-electron chi connectivity index (χ0n) is 10.4. The van der Waals surface area contributed by atoms with Crippen LogP contribution in [-0.2, 0) is 0 Å². The molecule has 94 valence electrons. The molecule has 0 heterocycles. The number of para-hydroxylation sites is 1. The molecule has 0 aromatic heterocycles. The predicted octanol–water partition coefficient (Wildman–Crippen LogP) is 2.16. The topological polar surface area (TPSA) is 50.4 Å². The molecule has 0 bridgehead atoms. The third-order valence-electron chi connectivity index (χ3n) is 2.16. The molecule has 4 nitrogen and oxygen atoms in total. The fourth-order valence-corrected chi connectivity index (χ4v) is 1.29. The van der Waals surface area contributed by atoms with Crippen LogP contribution in [0.4, 0.5) is 4.79 Å². The van der Waals surface area contributed by atoms with E-state index in [1.54, 1.807) is 0 Å². The van der Waals surface area contributed by atoms with Crippen molar-refractivity contribution < 1.29 is 9.53 Å². The van der Waals surface area contributed by atoms with Crippen LogP contribution < -0.4 is 15.4 Å². The van der Waals surface area contributed by atoms with Gasteiger partial charge in [-0.25, -0.2) is 4.79 Å². The highest BCUT2D eigenvalue weighted by molar-refractivity contribution is 5.74. The maximum atomic E-state index is 11.3. The van der Waals surface area contributed by atoms with E-state index in [0.717, 1.165) is 12.2 Å². The normalized spacial score (nSPS) is 11.6. The van der Waals surface area contributed by atoms with Crippen molar-refractivity contribution in [2.75, 3.05) is 13.2 Å². The lowest BCUT2D eigenvalue weighted by atomic mass is 10.3. The zero-order chi connectivity index (χ0) is 12.5. The van der Waals surface area contributed by atoms with E-state index < -0.39 is 0 Å². The summed E-state index contributed by atoms with van der Waals surface area (Å²) in [4.78, 5) is 11.3. The second-order valence-electron chi connectivity index (χ2n) is 3.93. The van der Waals surface area contributed by atoms with Crippen LogP contribution in [0.1, 0.15) is 20.3 Å². The highest BCUT2D eigenvalue weighted by Crippen LogP contribution is 2.08. The third kappa shape index (κ3) is 5.80. The second kappa shape index (κ2) is 7.54. The van der Waals surface area contributed by atoms with Crippen LogP contribution in [0, 0.1) is 0 Å². The molecule has 1 atom stereocenters. The smallest absolute Gasteiger partial charge is 0.315 e. The first-order chi connectivity index (χ1) is 8.22. The number of rotatable bonds is 6. The van der Waals surface area contributed by atoms with Crippen molar-refractivity contribution in [3.05, 3.63) is 30.3 Å². The SMILES string of the molecule is CCCNC(=O)N[C@@H](C)COc1ccccc1. The number of carbonyl (C=O) groups is 1. The molecule has 0 saturated heterocycles. The first-order valence-electron chi connectivity index (χ1n) is 5.94. The van der Waals surface area contributed by atoms with E-state index in [4.69, 9.17) is 4.74 Å². The molecule has 1 aromatic rings. The number of benzene rings is 1. The summed E-state index contributed by atoms with van der Waals surface area (Å²) in [6, 6.07) is 9.39. The van der Waals surface area contributed by atoms with Crippen LogP contribution in [0.15, 0.2) is 30.3 Å². The third-order valence-corrected chi connectivity index (χ3v) is 2.16. The standard InChI is InChI=1S/C13H20N2O2/c1-3-9-14-13(16)15-11(2)10-17-12-7-5-4-6-8-12/h4-8,11H,3,9-10H2,1-2H3,(H2,14,15,16)/t11-/m0/s1. The fraction of sp³-hybridized carbons (Fsp3) is 0.462. The van der Waals surface area contributed by atoms with E-state index in [9.17, 15) is 4.79 Å². The molecule has 0 aliphatic carbocycles. The van der Waals surface area contributed by atoms with E-state index >= 15 is 0 Å². The molecule has 17 heavy (non-hydrogen) atoms. The molecule has 0 fully saturated rings. The minimum atomic E-state index is -0.143. The molecule has 1 rings (SSSR count). The van der Waals surface area contributed by atoms with Gasteiger partial charge in [-0.1, -0.05) is 25.1 Å². The van der Waals surface area contributed by atoms with Crippen molar-refractivity contribution in [2.24, 2.45) is 0 Å². The summed E-state index contributed by atoms with van der Waals surface area (Å²) >= 11 is 0. The quantitative estimate of drug-likeness (QED) is 0.795. The van der Waals surface area contributed by atoms with Crippen LogP contribution in [0.25, 0.3) is 0 Å². The van der Waals surface area contributed by atoms with Gasteiger partial charge in [0.2, 0.25) is 0 Å². The van der Waals surface area contributed by atoms with Gasteiger partial charge in [0.15, 0.2) is 0 Å². The number of ether oxygens (including phenoxy) is 1. The number of carbonyl (C=O) groups excluding carboxylic acids is 1. The Hall–Kier alpha value is -1.71. The van der Waals surface area contributed by atoms with Gasteiger partial charge in [-0.2, -0.15) is 0 Å². The lowest BCUT2D eigenvalue weighted by Gasteiger charge is -2.15. The summed E-state index contributed by atoms with van der Waals surface area (Å²) in [5.74, 6) is 0.815. The number of amides is 2. The number of nitrogens with one attached hydrogen (secondary N) is 2. The van der Waals surface area contributed by atoms with E-state index in [1.165, 1.54) is 0 Å². The molecule has 4 heteroatoms. The van der Waals surface area contributed by atoms with Gasteiger partial charge in [0.05, 0.1) is 6.04 Å². The van der Waals surface area contributed by atoms with E-state index in [2.05, 4.69) is 10.6 Å². The van der Waals surface area contributed by atoms with Crippen molar-refractivity contribution in [1.82, 2.24) is 10.6 Å². The van der Waals surface area contributed by atoms with Crippen LogP contribution >= 0.6 is 0 Å². The molecule has 1 aromatic carbocycles. The van der Waals surface area contributed by atoms with Gasteiger partial charge in [-0.15, -0.1) is 0 Å². The van der Waals surface area contributed by atoms with Crippen LogP contribution in [0.5, 0.6) is 5.75 Å². The minimum absolute atomic E-state index is 0.0212. The van der Waals surface area contributed by atoms with Crippen molar-refractivity contribution in [2.45, 2.75) is 26.3 Å². The highest BCUT2D eigenvalue weighted by atomic mass is 16.5. The Labute approximate surface area is 102 Å². The van der Waals surface area contributed by atoms with Crippen LogP contribution in [0.2, 0.25) is 0 Å². The predicted molar refractivity (Wildman–Crippen MR) is 68.2 cm³/mol. The fourth-order valence-electron chi connectivity index (χ4n) is 1.29. The molecule has 0 aliphatic rings. The average Bonchev–Trinajstić information content (AvgIpc) is 2.35. The Bertz CT molecular complexity index is 327. The summed E-state index contributed by atoms with van der Waals surface area (Å²) in [5.41, 5.74) is 0. The molecule has 0 spiro atoms. The van der Waals surface area contributed by atoms with Crippen LogP contribution in [0.3, 0.4) is 0 Å². The summed E-state index contributed by atoms with van der Waals surface area (Å²) in [7, 11) is 0. The van der Waals surface area contributed by atoms with E-state index in [1.807, 2.05) is 44.2 Å². The van der Waals surface area contributed by atoms with Gasteiger partial charge >= 0.3 is 6.03 Å². The van der Waals surface area contributed by atoms with Gasteiger partial charge in [0.25, 0.3) is 0 Å². The Morgan fingerprint density at radius 1 is 1.35 bits per heavy atom. The lowest BCUT2D eigenvalue weighted by Crippen LogP contribution is -2.43. The zero-order valence-corrected chi connectivity index (χ0v) is 10.4. The van der Waals surface area contributed by atoms with Crippen molar-refractivity contribution in [1.29, 1.82) is 0 Å². The van der Waals surface area contributed by atoms with E-state index in [-0.39, 0.29) is 12.1 Å². The maximum Gasteiger partial charge on any atom is 0.315 e. The van der Waals surface area contributed by atoms with Gasteiger partial charge in [0.1, 0.15) is 12.4 Å². The van der Waals surface area contributed by atoms with Gasteiger partial charge < -0.3 is 15.4 Å². The summed E-state index contributed by atoms with van der Waals surface area (Å²) < 4.78 is 5.53. The van der Waals surface area contributed by atoms with Crippen molar-refractivity contribution in [3.8, 4) is 5.75 Å². The molecule has 0 saturated carbocycles. The molecule has 0 unspecified atom stereocenters. The Balaban J connectivity index is 2.21. The first-order valence-corrected chi connectivity index (χ1v) is 5.94. The molecule has 0 radical (unpaired) electrons. The molecule has 2 amide bonds. The summed E-state index contributed by atoms with van der Waals surface area (Å²) in [6.07, 6.45) is 0.933. The van der Waals surface area contributed by atoms with Gasteiger partial charge in [-0.05, 0) is 25.5 Å². The number of urea groups is 1. The van der Waals surface area contributed by atoms with Crippen molar-refractivity contribution >= 4 is 6.03 Å². The van der Waals surface area contributed by atoms with Gasteiger partial charge in [-0.3, -0.25) is 0 Å². The molecular weight excluding hydrogens is 216 g/mol. The van der Waals surface area contributed by atoms with Crippen molar-refractivity contribution in [3.63, 3.8) is 0 Å². The van der Waals surface area contributed by atoms with E-state index in [0.29, 0.717) is 13.2 Å². The molecule has 0 aliphatic heterocycles. The maximum absolute atomic E-state index is 11.3.